The van der Waals surface area contributed by atoms with E-state index in [1.807, 2.05) is 12.1 Å². The minimum Gasteiger partial charge on any atom is -0.348 e. The van der Waals surface area contributed by atoms with Crippen LogP contribution in [0.25, 0.3) is 0 Å². The summed E-state index contributed by atoms with van der Waals surface area (Å²) in [5.41, 5.74) is 6.95. The van der Waals surface area contributed by atoms with Crippen LogP contribution in [-0.4, -0.2) is 5.91 Å². The average molecular weight is 294 g/mol. The third-order valence-corrected chi connectivity index (χ3v) is 2.96. The number of rotatable bonds is 4. The molecule has 0 saturated heterocycles. The van der Waals surface area contributed by atoms with Crippen LogP contribution in [0, 0.1) is 17.5 Å². The molecule has 3 nitrogen and oxygen atoms in total. The Hall–Kier alpha value is -2.34. The molecule has 2 aromatic rings. The maximum Gasteiger partial charge on any atom is 0.251 e. The summed E-state index contributed by atoms with van der Waals surface area (Å²) in [7, 11) is 0. The van der Waals surface area contributed by atoms with Crippen molar-refractivity contribution in [2.75, 3.05) is 0 Å². The van der Waals surface area contributed by atoms with E-state index in [1.165, 1.54) is 0 Å². The molecule has 0 fully saturated rings. The molecule has 2 rings (SSSR count). The maximum atomic E-state index is 13.0. The van der Waals surface area contributed by atoms with Crippen LogP contribution in [0.4, 0.5) is 13.2 Å². The molecule has 0 atom stereocenters. The summed E-state index contributed by atoms with van der Waals surface area (Å²) in [6.45, 7) is 0.602. The van der Waals surface area contributed by atoms with E-state index >= 15 is 0 Å². The number of amides is 1. The van der Waals surface area contributed by atoms with Crippen LogP contribution in [0.15, 0.2) is 36.4 Å². The van der Waals surface area contributed by atoms with Crippen LogP contribution in [0.3, 0.4) is 0 Å². The molecule has 0 saturated carbocycles. The van der Waals surface area contributed by atoms with E-state index in [4.69, 9.17) is 5.73 Å². The van der Waals surface area contributed by atoms with Crippen LogP contribution in [0.5, 0.6) is 0 Å². The first-order valence-electron chi connectivity index (χ1n) is 6.22. The number of halogens is 3. The van der Waals surface area contributed by atoms with Crippen molar-refractivity contribution in [1.82, 2.24) is 5.32 Å². The molecule has 0 aliphatic carbocycles. The predicted octanol–water partition coefficient (Wildman–Crippen LogP) is 2.49. The van der Waals surface area contributed by atoms with Crippen LogP contribution in [-0.2, 0) is 13.1 Å². The highest BCUT2D eigenvalue weighted by molar-refractivity contribution is 5.94. The van der Waals surface area contributed by atoms with Gasteiger partial charge in [0, 0.05) is 18.7 Å². The van der Waals surface area contributed by atoms with Crippen LogP contribution < -0.4 is 11.1 Å². The molecule has 0 heterocycles. The summed E-state index contributed by atoms with van der Waals surface area (Å²) < 4.78 is 38.9. The van der Waals surface area contributed by atoms with Gasteiger partial charge in [-0.25, -0.2) is 13.2 Å². The zero-order chi connectivity index (χ0) is 15.4. The van der Waals surface area contributed by atoms with Crippen LogP contribution in [0.2, 0.25) is 0 Å². The molecule has 2 aromatic carbocycles. The van der Waals surface area contributed by atoms with E-state index in [-0.39, 0.29) is 12.1 Å². The molecule has 0 aromatic heterocycles. The summed E-state index contributed by atoms with van der Waals surface area (Å²) in [4.78, 5) is 11.8. The second-order valence-electron chi connectivity index (χ2n) is 4.46. The standard InChI is InChI=1S/C15H13F3N2O/c16-12-5-11(6-13(17)14(12)18)15(21)20-8-10-3-1-9(7-19)2-4-10/h1-6H,7-8,19H2,(H,20,21). The Morgan fingerprint density at radius 1 is 1.00 bits per heavy atom. The molecular formula is C15H13F3N2O. The van der Waals surface area contributed by atoms with Crippen molar-refractivity contribution < 1.29 is 18.0 Å². The number of carbonyl (C=O) groups is 1. The van der Waals surface area contributed by atoms with Gasteiger partial charge in [0.2, 0.25) is 0 Å². The lowest BCUT2D eigenvalue weighted by Gasteiger charge is -2.07. The van der Waals surface area contributed by atoms with Crippen LogP contribution >= 0.6 is 0 Å². The van der Waals surface area contributed by atoms with Gasteiger partial charge in [0.15, 0.2) is 17.5 Å². The molecule has 110 valence electrons. The molecule has 1 amide bonds. The topological polar surface area (TPSA) is 55.1 Å². The van der Waals surface area contributed by atoms with Gasteiger partial charge in [-0.15, -0.1) is 0 Å². The number of nitrogens with one attached hydrogen (secondary N) is 1. The Labute approximate surface area is 119 Å². The molecule has 3 N–H and O–H groups in total. The molecular weight excluding hydrogens is 281 g/mol. The Morgan fingerprint density at radius 3 is 2.05 bits per heavy atom. The molecule has 0 bridgehead atoms. The van der Waals surface area contributed by atoms with Crippen molar-refractivity contribution in [2.24, 2.45) is 5.73 Å². The fraction of sp³-hybridized carbons (Fsp3) is 0.133. The SMILES string of the molecule is NCc1ccc(CNC(=O)c2cc(F)c(F)c(F)c2)cc1. The lowest BCUT2D eigenvalue weighted by molar-refractivity contribution is 0.0949. The minimum absolute atomic E-state index is 0.185. The molecule has 6 heteroatoms. The predicted molar refractivity (Wildman–Crippen MR) is 71.8 cm³/mol. The number of nitrogens with two attached hydrogens (primary N) is 1. The van der Waals surface area contributed by atoms with E-state index in [9.17, 15) is 18.0 Å². The number of hydrogen-bond acceptors (Lipinski definition) is 2. The lowest BCUT2D eigenvalue weighted by atomic mass is 10.1. The third-order valence-electron chi connectivity index (χ3n) is 2.96. The number of carbonyl (C=O) groups excluding carboxylic acids is 1. The van der Waals surface area contributed by atoms with Gasteiger partial charge < -0.3 is 11.1 Å². The highest BCUT2D eigenvalue weighted by Crippen LogP contribution is 2.13. The molecule has 0 spiro atoms. The average Bonchev–Trinajstić information content (AvgIpc) is 2.50. The smallest absolute Gasteiger partial charge is 0.251 e. The highest BCUT2D eigenvalue weighted by Gasteiger charge is 2.14. The van der Waals surface area contributed by atoms with Gasteiger partial charge >= 0.3 is 0 Å². The monoisotopic (exact) mass is 294 g/mol. The first-order chi connectivity index (χ1) is 10.0. The van der Waals surface area contributed by atoms with E-state index in [0.717, 1.165) is 11.1 Å². The summed E-state index contributed by atoms with van der Waals surface area (Å²) in [6, 6.07) is 8.52. The molecule has 0 aliphatic heterocycles. The first-order valence-corrected chi connectivity index (χ1v) is 6.22. The quantitative estimate of drug-likeness (QED) is 0.851. The van der Waals surface area contributed by atoms with Crippen molar-refractivity contribution >= 4 is 5.91 Å². The maximum absolute atomic E-state index is 13.0. The number of hydrogen-bond donors (Lipinski definition) is 2. The van der Waals surface area contributed by atoms with Crippen molar-refractivity contribution in [3.05, 3.63) is 70.5 Å². The highest BCUT2D eigenvalue weighted by atomic mass is 19.2. The Balaban J connectivity index is 2.04. The van der Waals surface area contributed by atoms with E-state index in [0.29, 0.717) is 18.7 Å². The Morgan fingerprint density at radius 2 is 1.52 bits per heavy atom. The van der Waals surface area contributed by atoms with Crippen molar-refractivity contribution in [2.45, 2.75) is 13.1 Å². The zero-order valence-corrected chi connectivity index (χ0v) is 11.0. The lowest BCUT2D eigenvalue weighted by Crippen LogP contribution is -2.23. The van der Waals surface area contributed by atoms with Gasteiger partial charge in [0.1, 0.15) is 0 Å². The molecule has 21 heavy (non-hydrogen) atoms. The second kappa shape index (κ2) is 6.41. The number of benzene rings is 2. The summed E-state index contributed by atoms with van der Waals surface area (Å²) in [5.74, 6) is -5.07. The normalized spacial score (nSPS) is 10.5. The van der Waals surface area contributed by atoms with Gasteiger partial charge in [-0.3, -0.25) is 4.79 Å². The molecule has 0 aliphatic rings. The van der Waals surface area contributed by atoms with Gasteiger partial charge in [-0.05, 0) is 23.3 Å². The first kappa shape index (κ1) is 15.1. The van der Waals surface area contributed by atoms with E-state index in [2.05, 4.69) is 5.32 Å². The summed E-state index contributed by atoms with van der Waals surface area (Å²) in [5, 5.41) is 2.50. The largest absolute Gasteiger partial charge is 0.348 e. The second-order valence-corrected chi connectivity index (χ2v) is 4.46. The Kier molecular flexibility index (Phi) is 4.59. The van der Waals surface area contributed by atoms with Crippen molar-refractivity contribution in [3.8, 4) is 0 Å². The van der Waals surface area contributed by atoms with E-state index in [1.54, 1.807) is 12.1 Å². The third kappa shape index (κ3) is 3.61. The molecule has 0 unspecified atom stereocenters. The van der Waals surface area contributed by atoms with E-state index < -0.39 is 23.4 Å². The minimum atomic E-state index is -1.59. The van der Waals surface area contributed by atoms with Gasteiger partial charge in [0.25, 0.3) is 5.91 Å². The van der Waals surface area contributed by atoms with Gasteiger partial charge in [-0.2, -0.15) is 0 Å². The van der Waals surface area contributed by atoms with Crippen molar-refractivity contribution in [3.63, 3.8) is 0 Å². The van der Waals surface area contributed by atoms with Crippen molar-refractivity contribution in [1.29, 1.82) is 0 Å². The summed E-state index contributed by atoms with van der Waals surface area (Å²) in [6.07, 6.45) is 0. The summed E-state index contributed by atoms with van der Waals surface area (Å²) >= 11 is 0. The van der Waals surface area contributed by atoms with Gasteiger partial charge in [-0.1, -0.05) is 24.3 Å². The van der Waals surface area contributed by atoms with Gasteiger partial charge in [0.05, 0.1) is 0 Å². The molecule has 0 radical (unpaired) electrons. The fourth-order valence-corrected chi connectivity index (χ4v) is 1.76. The Bertz CT molecular complexity index is 633. The van der Waals surface area contributed by atoms with Crippen LogP contribution in [0.1, 0.15) is 21.5 Å². The zero-order valence-electron chi connectivity index (χ0n) is 11.0. The fourth-order valence-electron chi connectivity index (χ4n) is 1.76.